The Kier molecular flexibility index (Phi) is 4.78. The van der Waals surface area contributed by atoms with E-state index in [9.17, 15) is 0 Å². The van der Waals surface area contributed by atoms with E-state index in [-0.39, 0.29) is 0 Å². The highest BCUT2D eigenvalue weighted by molar-refractivity contribution is 7.10. The van der Waals surface area contributed by atoms with Crippen LogP contribution in [0.2, 0.25) is 0 Å². The summed E-state index contributed by atoms with van der Waals surface area (Å²) < 4.78 is 0. The molecule has 2 N–H and O–H groups in total. The number of nitrogens with two attached hydrogens (primary N) is 1. The third-order valence-electron chi connectivity index (χ3n) is 3.76. The molecular formula is C17H23NS. The molecule has 1 unspecified atom stereocenters. The van der Waals surface area contributed by atoms with E-state index in [0.717, 1.165) is 6.42 Å². The van der Waals surface area contributed by atoms with E-state index in [1.54, 1.807) is 0 Å². The van der Waals surface area contributed by atoms with Gasteiger partial charge in [0.25, 0.3) is 0 Å². The van der Waals surface area contributed by atoms with Crippen LogP contribution >= 0.6 is 11.3 Å². The molecule has 0 fully saturated rings. The normalized spacial score (nSPS) is 12.9. The summed E-state index contributed by atoms with van der Waals surface area (Å²) in [4.78, 5) is 1.46. The summed E-state index contributed by atoms with van der Waals surface area (Å²) in [6.45, 7) is 7.34. The summed E-state index contributed by atoms with van der Waals surface area (Å²) in [7, 11) is 0. The zero-order valence-corrected chi connectivity index (χ0v) is 12.8. The highest BCUT2D eigenvalue weighted by atomic mass is 32.1. The van der Waals surface area contributed by atoms with Gasteiger partial charge >= 0.3 is 0 Å². The van der Waals surface area contributed by atoms with Crippen molar-refractivity contribution in [2.45, 2.75) is 39.0 Å². The van der Waals surface area contributed by atoms with Crippen LogP contribution in [0.1, 0.15) is 47.3 Å². The van der Waals surface area contributed by atoms with Crippen LogP contribution in [-0.2, 0) is 6.42 Å². The minimum absolute atomic E-state index is 0.429. The Morgan fingerprint density at radius 2 is 1.68 bits per heavy atom. The number of hydrogen-bond donors (Lipinski definition) is 1. The lowest BCUT2D eigenvalue weighted by Crippen LogP contribution is -2.15. The van der Waals surface area contributed by atoms with Crippen molar-refractivity contribution >= 4 is 11.3 Å². The van der Waals surface area contributed by atoms with Gasteiger partial charge in [-0.1, -0.05) is 38.1 Å². The summed E-state index contributed by atoms with van der Waals surface area (Å²) in [5.74, 6) is 1.02. The van der Waals surface area contributed by atoms with Crippen molar-refractivity contribution in [3.63, 3.8) is 0 Å². The van der Waals surface area contributed by atoms with Crippen molar-refractivity contribution in [1.29, 1.82) is 0 Å². The second-order valence-electron chi connectivity index (χ2n) is 5.48. The summed E-state index contributed by atoms with van der Waals surface area (Å²) in [5, 5.41) is 2.17. The molecule has 2 heteroatoms. The fraction of sp³-hybridized carbons (Fsp3) is 0.412. The van der Waals surface area contributed by atoms with E-state index in [2.05, 4.69) is 56.5 Å². The Morgan fingerprint density at radius 1 is 1.05 bits per heavy atom. The molecule has 2 rings (SSSR count). The highest BCUT2D eigenvalue weighted by Crippen LogP contribution is 2.26. The van der Waals surface area contributed by atoms with Crippen LogP contribution in [0.3, 0.4) is 0 Å². The molecule has 0 radical (unpaired) electrons. The molecule has 0 bridgehead atoms. The molecule has 1 nitrogen and oxygen atoms in total. The van der Waals surface area contributed by atoms with E-state index in [4.69, 9.17) is 5.73 Å². The van der Waals surface area contributed by atoms with Gasteiger partial charge in [-0.05, 0) is 53.9 Å². The Labute approximate surface area is 120 Å². The van der Waals surface area contributed by atoms with Crippen LogP contribution in [-0.4, -0.2) is 6.54 Å². The summed E-state index contributed by atoms with van der Waals surface area (Å²) in [6, 6.07) is 11.2. The predicted molar refractivity (Wildman–Crippen MR) is 85.1 cm³/mol. The van der Waals surface area contributed by atoms with Crippen LogP contribution in [0.5, 0.6) is 0 Å². The van der Waals surface area contributed by atoms with E-state index in [1.807, 2.05) is 11.3 Å². The second-order valence-corrected chi connectivity index (χ2v) is 6.49. The minimum Gasteiger partial charge on any atom is -0.330 e. The number of rotatable bonds is 5. The predicted octanol–water partition coefficient (Wildman–Crippen LogP) is 4.46. The topological polar surface area (TPSA) is 26.0 Å². The van der Waals surface area contributed by atoms with Gasteiger partial charge in [0, 0.05) is 10.8 Å². The first-order valence-corrected chi connectivity index (χ1v) is 7.82. The molecule has 0 spiro atoms. The number of benzene rings is 1. The van der Waals surface area contributed by atoms with Gasteiger partial charge in [-0.15, -0.1) is 11.3 Å². The minimum atomic E-state index is 0.429. The van der Waals surface area contributed by atoms with Gasteiger partial charge in [-0.3, -0.25) is 0 Å². The van der Waals surface area contributed by atoms with E-state index < -0.39 is 0 Å². The van der Waals surface area contributed by atoms with Crippen LogP contribution in [0.25, 0.3) is 0 Å². The smallest absolute Gasteiger partial charge is 0.00809 e. The molecule has 0 aliphatic rings. The molecule has 1 heterocycles. The highest BCUT2D eigenvalue weighted by Gasteiger charge is 2.13. The molecule has 2 aromatic rings. The number of thiophene rings is 1. The van der Waals surface area contributed by atoms with Crippen LogP contribution in [0.15, 0.2) is 35.7 Å². The standard InChI is InChI=1S/C17H23NS/c1-12(2)14-4-6-15(7-5-14)16(11-18)10-17-13(3)8-9-19-17/h4-9,12,16H,10-11,18H2,1-3H3. The molecule has 1 aromatic heterocycles. The molecular weight excluding hydrogens is 250 g/mol. The van der Waals surface area contributed by atoms with Crippen molar-refractivity contribution in [1.82, 2.24) is 0 Å². The van der Waals surface area contributed by atoms with Crippen molar-refractivity contribution in [3.05, 3.63) is 57.3 Å². The fourth-order valence-corrected chi connectivity index (χ4v) is 3.32. The summed E-state index contributed by atoms with van der Waals surface area (Å²) >= 11 is 1.84. The van der Waals surface area contributed by atoms with Crippen molar-refractivity contribution in [2.24, 2.45) is 5.73 Å². The van der Waals surface area contributed by atoms with Crippen molar-refractivity contribution in [2.75, 3.05) is 6.54 Å². The molecule has 19 heavy (non-hydrogen) atoms. The molecule has 0 amide bonds. The van der Waals surface area contributed by atoms with Gasteiger partial charge in [0.15, 0.2) is 0 Å². The zero-order chi connectivity index (χ0) is 13.8. The van der Waals surface area contributed by atoms with Gasteiger partial charge in [0.1, 0.15) is 0 Å². The maximum atomic E-state index is 5.97. The quantitative estimate of drug-likeness (QED) is 0.855. The first-order valence-electron chi connectivity index (χ1n) is 6.94. The first kappa shape index (κ1) is 14.3. The SMILES string of the molecule is Cc1ccsc1CC(CN)c1ccc(C(C)C)cc1. The monoisotopic (exact) mass is 273 g/mol. The summed E-state index contributed by atoms with van der Waals surface area (Å²) in [6.07, 6.45) is 1.06. The Bertz CT molecular complexity index is 510. The number of hydrogen-bond acceptors (Lipinski definition) is 2. The molecule has 1 aromatic carbocycles. The largest absolute Gasteiger partial charge is 0.330 e. The van der Waals surface area contributed by atoms with Gasteiger partial charge < -0.3 is 5.73 Å². The van der Waals surface area contributed by atoms with E-state index in [0.29, 0.717) is 18.4 Å². The maximum Gasteiger partial charge on any atom is 0.00809 e. The molecule has 0 aliphatic carbocycles. The fourth-order valence-electron chi connectivity index (χ4n) is 2.33. The molecule has 102 valence electrons. The molecule has 1 atom stereocenters. The lowest BCUT2D eigenvalue weighted by atomic mass is 9.92. The zero-order valence-electron chi connectivity index (χ0n) is 12.0. The first-order chi connectivity index (χ1) is 9.11. The van der Waals surface area contributed by atoms with Gasteiger partial charge in [0.05, 0.1) is 0 Å². The van der Waals surface area contributed by atoms with Gasteiger partial charge in [-0.25, -0.2) is 0 Å². The third-order valence-corrected chi connectivity index (χ3v) is 4.80. The average molecular weight is 273 g/mol. The van der Waals surface area contributed by atoms with Crippen molar-refractivity contribution < 1.29 is 0 Å². The van der Waals surface area contributed by atoms with Crippen LogP contribution in [0.4, 0.5) is 0 Å². The van der Waals surface area contributed by atoms with E-state index in [1.165, 1.54) is 21.6 Å². The van der Waals surface area contributed by atoms with Crippen LogP contribution in [0, 0.1) is 6.92 Å². The maximum absolute atomic E-state index is 5.97. The van der Waals surface area contributed by atoms with Gasteiger partial charge in [-0.2, -0.15) is 0 Å². The second kappa shape index (κ2) is 6.36. The van der Waals surface area contributed by atoms with E-state index >= 15 is 0 Å². The summed E-state index contributed by atoms with van der Waals surface area (Å²) in [5.41, 5.74) is 10.1. The third kappa shape index (κ3) is 3.46. The lowest BCUT2D eigenvalue weighted by Gasteiger charge is -2.16. The molecule has 0 aliphatic heterocycles. The molecule has 0 saturated heterocycles. The van der Waals surface area contributed by atoms with Crippen LogP contribution < -0.4 is 5.73 Å². The van der Waals surface area contributed by atoms with Crippen molar-refractivity contribution in [3.8, 4) is 0 Å². The Hall–Kier alpha value is -1.12. The molecule has 0 saturated carbocycles. The average Bonchev–Trinajstić information content (AvgIpc) is 2.81. The Morgan fingerprint density at radius 3 is 2.16 bits per heavy atom. The lowest BCUT2D eigenvalue weighted by molar-refractivity contribution is 0.698. The van der Waals surface area contributed by atoms with Gasteiger partial charge in [0.2, 0.25) is 0 Å². The Balaban J connectivity index is 2.15. The number of aryl methyl sites for hydroxylation is 1.